The second-order valence-electron chi connectivity index (χ2n) is 9.44. The van der Waals surface area contributed by atoms with Gasteiger partial charge in [-0.2, -0.15) is 0 Å². The number of carboxylic acids is 2. The van der Waals surface area contributed by atoms with Crippen LogP contribution in [0.5, 0.6) is 0 Å². The maximum Gasteiger partial charge on any atom is 0.309 e. The highest BCUT2D eigenvalue weighted by atomic mass is 35.5. The van der Waals surface area contributed by atoms with Crippen LogP contribution in [0.25, 0.3) is 0 Å². The maximum atomic E-state index is 13.1. The van der Waals surface area contributed by atoms with Crippen LogP contribution in [-0.2, 0) is 9.59 Å². The fourth-order valence-corrected chi connectivity index (χ4v) is 5.48. The van der Waals surface area contributed by atoms with Gasteiger partial charge < -0.3 is 10.2 Å². The van der Waals surface area contributed by atoms with Crippen molar-refractivity contribution in [1.82, 2.24) is 0 Å². The zero-order chi connectivity index (χ0) is 24.0. The Hall–Kier alpha value is -0.480. The number of unbranched alkanes of at least 4 members (excludes halogenated alkanes) is 2. The van der Waals surface area contributed by atoms with Crippen LogP contribution in [-0.4, -0.2) is 27.0 Å². The van der Waals surface area contributed by atoms with Gasteiger partial charge in [-0.3, -0.25) is 9.59 Å². The number of rotatable bonds is 19. The molecule has 6 heteroatoms. The Balaban J connectivity index is 6.34. The number of hydrogen-bond acceptors (Lipinski definition) is 2. The lowest BCUT2D eigenvalue weighted by atomic mass is 9.59. The van der Waals surface area contributed by atoms with E-state index in [2.05, 4.69) is 27.7 Å². The van der Waals surface area contributed by atoms with Gasteiger partial charge in [-0.05, 0) is 42.9 Å². The molecule has 0 rings (SSSR count). The van der Waals surface area contributed by atoms with Gasteiger partial charge in [0.15, 0.2) is 0 Å². The number of halogens is 2. The third kappa shape index (κ3) is 10.3. The Morgan fingerprint density at radius 3 is 1.58 bits per heavy atom. The van der Waals surface area contributed by atoms with Crippen LogP contribution < -0.4 is 0 Å². The summed E-state index contributed by atoms with van der Waals surface area (Å²) in [6.45, 7) is 10.4. The van der Waals surface area contributed by atoms with Crippen molar-refractivity contribution in [2.24, 2.45) is 29.1 Å². The quantitative estimate of drug-likeness (QED) is 0.182. The van der Waals surface area contributed by atoms with Crippen molar-refractivity contribution in [1.29, 1.82) is 0 Å². The van der Waals surface area contributed by atoms with Crippen molar-refractivity contribution in [2.75, 3.05) is 0 Å². The molecule has 2 N–H and O–H groups in total. The number of alkyl halides is 2. The number of carboxylic acid groups (broad SMARTS) is 2. The maximum absolute atomic E-state index is 13.1. The first-order valence-electron chi connectivity index (χ1n) is 12.3. The Bertz CT molecular complexity index is 492. The summed E-state index contributed by atoms with van der Waals surface area (Å²) in [5, 5.41) is 20.1. The molecule has 31 heavy (non-hydrogen) atoms. The molecule has 4 atom stereocenters. The van der Waals surface area contributed by atoms with Crippen molar-refractivity contribution in [2.45, 2.75) is 117 Å². The summed E-state index contributed by atoms with van der Waals surface area (Å²) >= 11 is 12.6. The zero-order valence-electron chi connectivity index (χ0n) is 20.3. The lowest BCUT2D eigenvalue weighted by Gasteiger charge is -2.44. The predicted octanol–water partition coefficient (Wildman–Crippen LogP) is 8.19. The third-order valence-corrected chi connectivity index (χ3v) is 8.02. The van der Waals surface area contributed by atoms with Crippen LogP contribution >= 0.6 is 23.2 Å². The van der Waals surface area contributed by atoms with Gasteiger partial charge in [-0.25, -0.2) is 0 Å². The highest BCUT2D eigenvalue weighted by molar-refractivity contribution is 6.44. The molecule has 0 aromatic rings. The number of carbonyl (C=O) groups is 2. The van der Waals surface area contributed by atoms with E-state index >= 15 is 0 Å². The fraction of sp³-hybridized carbons (Fsp3) is 0.920. The van der Waals surface area contributed by atoms with Crippen LogP contribution in [0.1, 0.15) is 112 Å². The van der Waals surface area contributed by atoms with Gasteiger partial charge in [0.1, 0.15) is 4.84 Å². The Labute approximate surface area is 200 Å². The summed E-state index contributed by atoms with van der Waals surface area (Å²) in [7, 11) is 0. The van der Waals surface area contributed by atoms with Gasteiger partial charge in [0.05, 0.1) is 5.41 Å². The molecular formula is C25H46Cl2O4. The summed E-state index contributed by atoms with van der Waals surface area (Å²) in [6, 6.07) is 0. The number of hydrogen-bond donors (Lipinski definition) is 2. The molecule has 184 valence electrons. The Morgan fingerprint density at radius 2 is 1.29 bits per heavy atom. The van der Waals surface area contributed by atoms with Crippen molar-refractivity contribution < 1.29 is 19.8 Å². The van der Waals surface area contributed by atoms with Gasteiger partial charge in [-0.1, -0.05) is 86.0 Å². The molecule has 0 bridgehead atoms. The highest BCUT2D eigenvalue weighted by Gasteiger charge is 2.50. The zero-order valence-corrected chi connectivity index (χ0v) is 21.9. The second kappa shape index (κ2) is 16.2. The molecule has 0 spiro atoms. The molecule has 0 heterocycles. The van der Waals surface area contributed by atoms with E-state index in [0.29, 0.717) is 24.7 Å². The van der Waals surface area contributed by atoms with Gasteiger partial charge in [-0.15, -0.1) is 23.2 Å². The lowest BCUT2D eigenvalue weighted by molar-refractivity contribution is -0.159. The molecule has 0 aliphatic carbocycles. The van der Waals surface area contributed by atoms with E-state index in [1.54, 1.807) is 0 Å². The van der Waals surface area contributed by atoms with Gasteiger partial charge in [0, 0.05) is 6.42 Å². The molecule has 0 saturated heterocycles. The van der Waals surface area contributed by atoms with Gasteiger partial charge in [0.25, 0.3) is 0 Å². The molecule has 4 nitrogen and oxygen atoms in total. The normalized spacial score (nSPS) is 17.7. The molecule has 0 aliphatic heterocycles. The first kappa shape index (κ1) is 30.5. The number of aliphatic carboxylic acids is 2. The van der Waals surface area contributed by atoms with E-state index in [0.717, 1.165) is 51.4 Å². The van der Waals surface area contributed by atoms with Crippen LogP contribution in [0.4, 0.5) is 0 Å². The van der Waals surface area contributed by atoms with Crippen molar-refractivity contribution in [3.8, 4) is 0 Å². The van der Waals surface area contributed by atoms with E-state index < -0.39 is 22.2 Å². The predicted molar refractivity (Wildman–Crippen MR) is 131 cm³/mol. The largest absolute Gasteiger partial charge is 0.481 e. The second-order valence-corrected chi connectivity index (χ2v) is 10.6. The Morgan fingerprint density at radius 1 is 0.839 bits per heavy atom. The monoisotopic (exact) mass is 480 g/mol. The standard InChI is InChI=1S/C25H46Cl2O4/c1-6-10-12-19(8-3)16-25(24(30)31,17-20(9-4)13-11-7-2)21(14-15-22(28)29)18(5)23(26)27/h18-21,23H,6-17H2,1-5H3,(H,28,29)(H,30,31). The summed E-state index contributed by atoms with van der Waals surface area (Å²) < 4.78 is 0. The minimum atomic E-state index is -1.01. The summed E-state index contributed by atoms with van der Waals surface area (Å²) in [6.07, 6.45) is 9.50. The molecule has 0 aromatic heterocycles. The molecule has 0 aromatic carbocycles. The van der Waals surface area contributed by atoms with Crippen molar-refractivity contribution in [3.05, 3.63) is 0 Å². The van der Waals surface area contributed by atoms with Crippen LogP contribution in [0.15, 0.2) is 0 Å². The van der Waals surface area contributed by atoms with E-state index in [9.17, 15) is 19.8 Å². The summed E-state index contributed by atoms with van der Waals surface area (Å²) in [4.78, 5) is 23.7. The molecule has 4 unspecified atom stereocenters. The molecule has 0 saturated carbocycles. The molecule has 0 aliphatic rings. The molecule has 0 radical (unpaired) electrons. The van der Waals surface area contributed by atoms with Crippen molar-refractivity contribution >= 4 is 35.1 Å². The van der Waals surface area contributed by atoms with Gasteiger partial charge in [0.2, 0.25) is 0 Å². The minimum Gasteiger partial charge on any atom is -0.481 e. The molecule has 0 fully saturated rings. The lowest BCUT2D eigenvalue weighted by Crippen LogP contribution is -2.46. The average molecular weight is 482 g/mol. The summed E-state index contributed by atoms with van der Waals surface area (Å²) in [5.41, 5.74) is -1.01. The van der Waals surface area contributed by atoms with Crippen LogP contribution in [0.3, 0.4) is 0 Å². The Kier molecular flexibility index (Phi) is 15.9. The van der Waals surface area contributed by atoms with E-state index in [1.165, 1.54) is 0 Å². The fourth-order valence-electron chi connectivity index (χ4n) is 5.13. The van der Waals surface area contributed by atoms with E-state index in [4.69, 9.17) is 23.2 Å². The molecule has 0 amide bonds. The first-order valence-corrected chi connectivity index (χ1v) is 13.2. The SMILES string of the molecule is CCCCC(CC)CC(CC(CC)CCCC)(C(=O)O)C(CCC(=O)O)C(C)C(Cl)Cl. The third-order valence-electron chi connectivity index (χ3n) is 7.23. The van der Waals surface area contributed by atoms with Crippen LogP contribution in [0.2, 0.25) is 0 Å². The average Bonchev–Trinajstić information content (AvgIpc) is 2.72. The van der Waals surface area contributed by atoms with E-state index in [1.807, 2.05) is 6.92 Å². The smallest absolute Gasteiger partial charge is 0.309 e. The summed E-state index contributed by atoms with van der Waals surface area (Å²) in [5.74, 6) is -1.81. The minimum absolute atomic E-state index is 0.0674. The topological polar surface area (TPSA) is 74.6 Å². The van der Waals surface area contributed by atoms with Crippen LogP contribution in [0, 0.1) is 29.1 Å². The first-order chi connectivity index (χ1) is 14.6. The van der Waals surface area contributed by atoms with E-state index in [-0.39, 0.29) is 24.7 Å². The highest BCUT2D eigenvalue weighted by Crippen LogP contribution is 2.50. The van der Waals surface area contributed by atoms with Gasteiger partial charge >= 0.3 is 11.9 Å². The van der Waals surface area contributed by atoms with Crippen molar-refractivity contribution in [3.63, 3.8) is 0 Å². The molecular weight excluding hydrogens is 435 g/mol.